The van der Waals surface area contributed by atoms with Crippen molar-refractivity contribution < 1.29 is 34.6 Å². The fourth-order valence-electron chi connectivity index (χ4n) is 3.40. The minimum Gasteiger partial charge on any atom is -0.508 e. The topological polar surface area (TPSA) is 150 Å². The molecule has 1 saturated heterocycles. The first-order valence-electron chi connectivity index (χ1n) is 9.36. The van der Waals surface area contributed by atoms with E-state index in [0.29, 0.717) is 5.56 Å². The van der Waals surface area contributed by atoms with E-state index in [9.17, 15) is 29.9 Å². The lowest BCUT2D eigenvalue weighted by Crippen LogP contribution is -2.33. The molecule has 3 N–H and O–H groups in total. The summed E-state index contributed by atoms with van der Waals surface area (Å²) >= 11 is 0. The second-order valence-electron chi connectivity index (χ2n) is 6.73. The third-order valence-electron chi connectivity index (χ3n) is 4.77. The molecule has 31 heavy (non-hydrogen) atoms. The summed E-state index contributed by atoms with van der Waals surface area (Å²) in [5.74, 6) is -2.50. The van der Waals surface area contributed by atoms with Gasteiger partial charge >= 0.3 is 0 Å². The summed E-state index contributed by atoms with van der Waals surface area (Å²) in [6, 6.07) is 9.93. The van der Waals surface area contributed by atoms with Gasteiger partial charge in [0.1, 0.15) is 11.5 Å². The van der Waals surface area contributed by atoms with Crippen LogP contribution in [0.5, 0.6) is 5.75 Å². The number of nitro benzene ring substituents is 1. The van der Waals surface area contributed by atoms with Crippen LogP contribution in [0.15, 0.2) is 54.1 Å². The molecule has 1 unspecified atom stereocenters. The van der Waals surface area contributed by atoms with Gasteiger partial charge in [-0.05, 0) is 17.7 Å². The number of benzene rings is 2. The number of likely N-dealkylation sites (tertiary alicyclic amines) is 1. The van der Waals surface area contributed by atoms with E-state index in [4.69, 9.17) is 9.84 Å². The summed E-state index contributed by atoms with van der Waals surface area (Å²) in [7, 11) is 0. The highest BCUT2D eigenvalue weighted by atomic mass is 16.6. The fraction of sp³-hybridized carbons (Fsp3) is 0.238. The Morgan fingerprint density at radius 3 is 2.55 bits per heavy atom. The Kier molecular flexibility index (Phi) is 6.63. The van der Waals surface area contributed by atoms with Crippen LogP contribution in [0.25, 0.3) is 5.76 Å². The van der Waals surface area contributed by atoms with Crippen LogP contribution in [0, 0.1) is 10.1 Å². The Hall–Kier alpha value is -3.76. The van der Waals surface area contributed by atoms with Gasteiger partial charge in [0.05, 0.1) is 36.4 Å². The zero-order chi connectivity index (χ0) is 22.5. The molecule has 0 radical (unpaired) electrons. The average molecular weight is 428 g/mol. The second kappa shape index (κ2) is 9.37. The zero-order valence-corrected chi connectivity index (χ0v) is 16.3. The number of rotatable bonds is 8. The van der Waals surface area contributed by atoms with Crippen molar-refractivity contribution in [3.8, 4) is 5.75 Å². The van der Waals surface area contributed by atoms with Gasteiger partial charge in [-0.2, -0.15) is 0 Å². The van der Waals surface area contributed by atoms with Crippen LogP contribution in [0.1, 0.15) is 17.2 Å². The maximum Gasteiger partial charge on any atom is 0.295 e. The normalized spacial score (nSPS) is 17.8. The molecule has 1 amide bonds. The van der Waals surface area contributed by atoms with E-state index < -0.39 is 28.4 Å². The molecule has 3 rings (SSSR count). The first-order valence-corrected chi connectivity index (χ1v) is 9.36. The standard InChI is InChI=1S/C21H20N2O8/c24-8-10-31-9-7-22-18(13-3-2-6-16(25)12-13)17(20(27)21(22)28)19(26)14-4-1-5-15(11-14)23(29)30/h1-6,11-12,18,24-26H,7-10H2. The quantitative estimate of drug-likeness (QED) is 0.144. The minimum absolute atomic E-state index is 0.00823. The number of aliphatic hydroxyl groups is 2. The molecule has 1 heterocycles. The molecule has 10 heteroatoms. The predicted molar refractivity (Wildman–Crippen MR) is 108 cm³/mol. The number of ether oxygens (including phenoxy) is 1. The van der Waals surface area contributed by atoms with Crippen molar-refractivity contribution >= 4 is 23.1 Å². The maximum absolute atomic E-state index is 12.8. The van der Waals surface area contributed by atoms with Crippen LogP contribution in [-0.4, -0.2) is 63.2 Å². The minimum atomic E-state index is -1.04. The van der Waals surface area contributed by atoms with Gasteiger partial charge in [-0.25, -0.2) is 0 Å². The van der Waals surface area contributed by atoms with Gasteiger partial charge in [0.2, 0.25) is 0 Å². The highest BCUT2D eigenvalue weighted by molar-refractivity contribution is 6.46. The predicted octanol–water partition coefficient (Wildman–Crippen LogP) is 1.73. The molecule has 1 aliphatic rings. The number of hydrogen-bond acceptors (Lipinski definition) is 8. The van der Waals surface area contributed by atoms with Gasteiger partial charge in [-0.1, -0.05) is 24.3 Å². The summed E-state index contributed by atoms with van der Waals surface area (Å²) in [5, 5.41) is 40.7. The molecule has 2 aromatic carbocycles. The summed E-state index contributed by atoms with van der Waals surface area (Å²) in [4.78, 5) is 37.2. The van der Waals surface area contributed by atoms with Gasteiger partial charge in [0, 0.05) is 24.2 Å². The summed E-state index contributed by atoms with van der Waals surface area (Å²) in [5.41, 5.74) is -0.162. The van der Waals surface area contributed by atoms with Crippen molar-refractivity contribution in [3.63, 3.8) is 0 Å². The first-order chi connectivity index (χ1) is 14.8. The largest absolute Gasteiger partial charge is 0.508 e. The molecule has 1 fully saturated rings. The second-order valence-corrected chi connectivity index (χ2v) is 6.73. The fourth-order valence-corrected chi connectivity index (χ4v) is 3.40. The van der Waals surface area contributed by atoms with E-state index >= 15 is 0 Å². The number of nitrogens with zero attached hydrogens (tertiary/aromatic N) is 2. The van der Waals surface area contributed by atoms with E-state index in [1.165, 1.54) is 41.3 Å². The van der Waals surface area contributed by atoms with Crippen LogP contribution in [0.2, 0.25) is 0 Å². The monoisotopic (exact) mass is 428 g/mol. The van der Waals surface area contributed by atoms with Crippen molar-refractivity contribution in [3.05, 3.63) is 75.3 Å². The number of aromatic hydroxyl groups is 1. The summed E-state index contributed by atoms with van der Waals surface area (Å²) in [6.45, 7) is -0.146. The number of phenols is 1. The number of aliphatic hydroxyl groups excluding tert-OH is 2. The van der Waals surface area contributed by atoms with Crippen LogP contribution >= 0.6 is 0 Å². The molecule has 0 saturated carbocycles. The molecule has 2 aromatic rings. The van der Waals surface area contributed by atoms with Crippen molar-refractivity contribution in [2.45, 2.75) is 6.04 Å². The van der Waals surface area contributed by atoms with Gasteiger partial charge in [0.25, 0.3) is 17.4 Å². The lowest BCUT2D eigenvalue weighted by atomic mass is 9.95. The SMILES string of the molecule is O=C1C(=O)N(CCOCCO)C(c2cccc(O)c2)C1=C(O)c1cccc([N+](=O)[O-])c1. The van der Waals surface area contributed by atoms with Gasteiger partial charge < -0.3 is 25.0 Å². The summed E-state index contributed by atoms with van der Waals surface area (Å²) in [6.07, 6.45) is 0. The Morgan fingerprint density at radius 1 is 1.13 bits per heavy atom. The number of amides is 1. The Balaban J connectivity index is 2.10. The van der Waals surface area contributed by atoms with Crippen molar-refractivity contribution in [2.75, 3.05) is 26.4 Å². The average Bonchev–Trinajstić information content (AvgIpc) is 3.01. The van der Waals surface area contributed by atoms with Gasteiger partial charge in [0.15, 0.2) is 0 Å². The molecular formula is C21H20N2O8. The van der Waals surface area contributed by atoms with E-state index in [1.807, 2.05) is 0 Å². The van der Waals surface area contributed by atoms with Crippen molar-refractivity contribution in [1.82, 2.24) is 4.90 Å². The van der Waals surface area contributed by atoms with Crippen LogP contribution in [-0.2, 0) is 14.3 Å². The highest BCUT2D eigenvalue weighted by Crippen LogP contribution is 2.40. The lowest BCUT2D eigenvalue weighted by Gasteiger charge is -2.25. The number of hydrogen-bond donors (Lipinski definition) is 3. The molecular weight excluding hydrogens is 408 g/mol. The smallest absolute Gasteiger partial charge is 0.295 e. The first kappa shape index (κ1) is 21.9. The molecule has 1 aliphatic heterocycles. The molecule has 10 nitrogen and oxygen atoms in total. The number of phenolic OH excluding ortho intramolecular Hbond substituents is 1. The van der Waals surface area contributed by atoms with E-state index in [1.54, 1.807) is 6.07 Å². The Bertz CT molecular complexity index is 1050. The number of Topliss-reactive ketones (excluding diaryl/α,β-unsaturated/α-hetero) is 1. The van der Waals surface area contributed by atoms with E-state index in [0.717, 1.165) is 6.07 Å². The number of nitro groups is 1. The van der Waals surface area contributed by atoms with Crippen LogP contribution in [0.4, 0.5) is 5.69 Å². The zero-order valence-electron chi connectivity index (χ0n) is 16.3. The van der Waals surface area contributed by atoms with E-state index in [-0.39, 0.29) is 48.9 Å². The molecule has 0 spiro atoms. The Labute approximate surface area is 176 Å². The molecule has 0 bridgehead atoms. The highest BCUT2D eigenvalue weighted by Gasteiger charge is 2.46. The van der Waals surface area contributed by atoms with Gasteiger partial charge in [-0.15, -0.1) is 0 Å². The summed E-state index contributed by atoms with van der Waals surface area (Å²) < 4.78 is 5.20. The van der Waals surface area contributed by atoms with Crippen LogP contribution in [0.3, 0.4) is 0 Å². The maximum atomic E-state index is 12.8. The van der Waals surface area contributed by atoms with Crippen molar-refractivity contribution in [1.29, 1.82) is 0 Å². The molecule has 0 aromatic heterocycles. The third-order valence-corrected chi connectivity index (χ3v) is 4.77. The lowest BCUT2D eigenvalue weighted by molar-refractivity contribution is -0.384. The number of carbonyl (C=O) groups is 2. The number of ketones is 1. The number of carbonyl (C=O) groups excluding carboxylic acids is 2. The van der Waals surface area contributed by atoms with Crippen LogP contribution < -0.4 is 0 Å². The number of non-ortho nitro benzene ring substituents is 1. The third kappa shape index (κ3) is 4.55. The Morgan fingerprint density at radius 2 is 1.87 bits per heavy atom. The molecule has 0 aliphatic carbocycles. The van der Waals surface area contributed by atoms with E-state index in [2.05, 4.69) is 0 Å². The van der Waals surface area contributed by atoms with Gasteiger partial charge in [-0.3, -0.25) is 19.7 Å². The molecule has 162 valence electrons. The molecule has 1 atom stereocenters. The van der Waals surface area contributed by atoms with Crippen molar-refractivity contribution in [2.24, 2.45) is 0 Å².